The number of hydrogen-bond donors (Lipinski definition) is 2. The van der Waals surface area contributed by atoms with Crippen molar-refractivity contribution in [1.29, 1.82) is 0 Å². The summed E-state index contributed by atoms with van der Waals surface area (Å²) in [6.45, 7) is 3.72. The smallest absolute Gasteiger partial charge is 0.234 e. The lowest BCUT2D eigenvalue weighted by molar-refractivity contribution is -0.120. The molecule has 0 bridgehead atoms. The Hall–Kier alpha value is -2.33. The van der Waals surface area contributed by atoms with Crippen molar-refractivity contribution in [1.82, 2.24) is 10.6 Å². The van der Waals surface area contributed by atoms with Crippen LogP contribution in [0.1, 0.15) is 16.7 Å². The molecule has 0 heterocycles. The van der Waals surface area contributed by atoms with Crippen molar-refractivity contribution in [2.45, 2.75) is 19.9 Å². The van der Waals surface area contributed by atoms with Crippen LogP contribution in [0.2, 0.25) is 0 Å². The molecule has 4 nitrogen and oxygen atoms in total. The molecule has 0 spiro atoms. The van der Waals surface area contributed by atoms with E-state index in [0.29, 0.717) is 13.1 Å². The van der Waals surface area contributed by atoms with Crippen LogP contribution in [0.15, 0.2) is 48.5 Å². The summed E-state index contributed by atoms with van der Waals surface area (Å²) >= 11 is 0. The first-order valence-electron chi connectivity index (χ1n) is 7.83. The fourth-order valence-corrected chi connectivity index (χ4v) is 2.31. The maximum absolute atomic E-state index is 11.8. The van der Waals surface area contributed by atoms with Crippen LogP contribution in [-0.4, -0.2) is 26.1 Å². The summed E-state index contributed by atoms with van der Waals surface area (Å²) in [5.74, 6) is 0.874. The Bertz CT molecular complexity index is 624. The molecule has 4 heteroatoms. The summed E-state index contributed by atoms with van der Waals surface area (Å²) in [5, 5.41) is 6.09. The fourth-order valence-electron chi connectivity index (χ4n) is 2.31. The molecule has 0 fully saturated rings. The Labute approximate surface area is 137 Å². The Morgan fingerprint density at radius 2 is 1.87 bits per heavy atom. The number of benzene rings is 2. The Morgan fingerprint density at radius 3 is 2.57 bits per heavy atom. The van der Waals surface area contributed by atoms with Gasteiger partial charge in [-0.3, -0.25) is 4.79 Å². The SMILES string of the molecule is COc1ccc(CCNCC(=O)NCc2cccc(C)c2)cc1. The van der Waals surface area contributed by atoms with Crippen molar-refractivity contribution in [3.63, 3.8) is 0 Å². The minimum Gasteiger partial charge on any atom is -0.497 e. The van der Waals surface area contributed by atoms with E-state index in [2.05, 4.69) is 16.7 Å². The van der Waals surface area contributed by atoms with Crippen molar-refractivity contribution in [2.24, 2.45) is 0 Å². The average molecular weight is 312 g/mol. The van der Waals surface area contributed by atoms with Crippen LogP contribution in [0.4, 0.5) is 0 Å². The van der Waals surface area contributed by atoms with Gasteiger partial charge in [-0.15, -0.1) is 0 Å². The van der Waals surface area contributed by atoms with Gasteiger partial charge in [-0.1, -0.05) is 42.0 Å². The van der Waals surface area contributed by atoms with Crippen LogP contribution in [0.5, 0.6) is 5.75 Å². The van der Waals surface area contributed by atoms with E-state index < -0.39 is 0 Å². The van der Waals surface area contributed by atoms with E-state index in [-0.39, 0.29) is 5.91 Å². The molecule has 2 aromatic rings. The number of aryl methyl sites for hydroxylation is 1. The van der Waals surface area contributed by atoms with Gasteiger partial charge >= 0.3 is 0 Å². The van der Waals surface area contributed by atoms with E-state index in [4.69, 9.17) is 4.74 Å². The van der Waals surface area contributed by atoms with Gasteiger partial charge in [-0.05, 0) is 43.1 Å². The minimum atomic E-state index is 0.0150. The molecular formula is C19H24N2O2. The van der Waals surface area contributed by atoms with Crippen molar-refractivity contribution in [3.05, 3.63) is 65.2 Å². The predicted molar refractivity (Wildman–Crippen MR) is 92.6 cm³/mol. The molecule has 0 saturated carbocycles. The van der Waals surface area contributed by atoms with E-state index in [9.17, 15) is 4.79 Å². The number of amides is 1. The van der Waals surface area contributed by atoms with Crippen LogP contribution < -0.4 is 15.4 Å². The number of carbonyl (C=O) groups is 1. The summed E-state index contributed by atoms with van der Waals surface area (Å²) in [6, 6.07) is 16.1. The number of ether oxygens (including phenoxy) is 1. The second kappa shape index (κ2) is 8.96. The topological polar surface area (TPSA) is 50.4 Å². The molecule has 0 aliphatic carbocycles. The van der Waals surface area contributed by atoms with Gasteiger partial charge in [0.05, 0.1) is 13.7 Å². The first-order valence-corrected chi connectivity index (χ1v) is 7.83. The Morgan fingerprint density at radius 1 is 1.09 bits per heavy atom. The number of hydrogen-bond acceptors (Lipinski definition) is 3. The van der Waals surface area contributed by atoms with Gasteiger partial charge in [-0.2, -0.15) is 0 Å². The maximum Gasteiger partial charge on any atom is 0.234 e. The lowest BCUT2D eigenvalue weighted by Crippen LogP contribution is -2.34. The van der Waals surface area contributed by atoms with Gasteiger partial charge in [0.1, 0.15) is 5.75 Å². The van der Waals surface area contributed by atoms with E-state index in [1.807, 2.05) is 49.4 Å². The molecule has 0 aliphatic rings. The molecule has 0 aromatic heterocycles. The quantitative estimate of drug-likeness (QED) is 0.736. The normalized spacial score (nSPS) is 10.3. The first kappa shape index (κ1) is 17.0. The highest BCUT2D eigenvalue weighted by molar-refractivity contribution is 5.77. The molecule has 2 rings (SSSR count). The van der Waals surface area contributed by atoms with Gasteiger partial charge in [0.2, 0.25) is 5.91 Å². The summed E-state index contributed by atoms with van der Waals surface area (Å²) < 4.78 is 5.13. The zero-order chi connectivity index (χ0) is 16.5. The zero-order valence-corrected chi connectivity index (χ0v) is 13.8. The third-order valence-electron chi connectivity index (χ3n) is 3.61. The van der Waals surface area contributed by atoms with Crippen LogP contribution in [0.3, 0.4) is 0 Å². The maximum atomic E-state index is 11.8. The van der Waals surface area contributed by atoms with Gasteiger partial charge in [0, 0.05) is 6.54 Å². The van der Waals surface area contributed by atoms with Crippen molar-refractivity contribution < 1.29 is 9.53 Å². The average Bonchev–Trinajstić information content (AvgIpc) is 2.57. The van der Waals surface area contributed by atoms with Crippen molar-refractivity contribution in [2.75, 3.05) is 20.2 Å². The van der Waals surface area contributed by atoms with Crippen molar-refractivity contribution >= 4 is 5.91 Å². The van der Waals surface area contributed by atoms with Gasteiger partial charge in [-0.25, -0.2) is 0 Å². The second-order valence-corrected chi connectivity index (χ2v) is 5.54. The summed E-state index contributed by atoms with van der Waals surface area (Å²) in [5.41, 5.74) is 3.55. The molecule has 0 aliphatic heterocycles. The third kappa shape index (κ3) is 6.12. The molecule has 0 radical (unpaired) electrons. The molecular weight excluding hydrogens is 288 g/mol. The Kier molecular flexibility index (Phi) is 6.63. The molecule has 0 saturated heterocycles. The largest absolute Gasteiger partial charge is 0.497 e. The predicted octanol–water partition coefficient (Wildman–Crippen LogP) is 2.45. The van der Waals surface area contributed by atoms with Gasteiger partial charge in [0.15, 0.2) is 0 Å². The first-order chi connectivity index (χ1) is 11.2. The molecule has 122 valence electrons. The molecule has 23 heavy (non-hydrogen) atoms. The Balaban J connectivity index is 1.62. The summed E-state index contributed by atoms with van der Waals surface area (Å²) in [4.78, 5) is 11.8. The number of carbonyl (C=O) groups excluding carboxylic acids is 1. The highest BCUT2D eigenvalue weighted by atomic mass is 16.5. The minimum absolute atomic E-state index is 0.0150. The van der Waals surface area contributed by atoms with Crippen LogP contribution in [0, 0.1) is 6.92 Å². The van der Waals surface area contributed by atoms with E-state index >= 15 is 0 Å². The lowest BCUT2D eigenvalue weighted by atomic mass is 10.1. The van der Waals surface area contributed by atoms with Crippen LogP contribution >= 0.6 is 0 Å². The summed E-state index contributed by atoms with van der Waals surface area (Å²) in [6.07, 6.45) is 0.884. The number of rotatable bonds is 8. The summed E-state index contributed by atoms with van der Waals surface area (Å²) in [7, 11) is 1.66. The highest BCUT2D eigenvalue weighted by Gasteiger charge is 2.01. The fraction of sp³-hybridized carbons (Fsp3) is 0.316. The lowest BCUT2D eigenvalue weighted by Gasteiger charge is -2.08. The molecule has 0 atom stereocenters. The van der Waals surface area contributed by atoms with E-state index in [1.54, 1.807) is 7.11 Å². The zero-order valence-electron chi connectivity index (χ0n) is 13.8. The molecule has 2 aromatic carbocycles. The van der Waals surface area contributed by atoms with E-state index in [0.717, 1.165) is 24.3 Å². The van der Waals surface area contributed by atoms with Crippen molar-refractivity contribution in [3.8, 4) is 5.75 Å². The van der Waals surface area contributed by atoms with Gasteiger partial charge in [0.25, 0.3) is 0 Å². The van der Waals surface area contributed by atoms with Crippen LogP contribution in [0.25, 0.3) is 0 Å². The standard InChI is InChI=1S/C19H24N2O2/c1-15-4-3-5-17(12-15)13-21-19(22)14-20-11-10-16-6-8-18(23-2)9-7-16/h3-9,12,20H,10-11,13-14H2,1-2H3,(H,21,22). The molecule has 2 N–H and O–H groups in total. The van der Waals surface area contributed by atoms with Crippen LogP contribution in [-0.2, 0) is 17.8 Å². The molecule has 0 unspecified atom stereocenters. The second-order valence-electron chi connectivity index (χ2n) is 5.54. The third-order valence-corrected chi connectivity index (χ3v) is 3.61. The van der Waals surface area contributed by atoms with E-state index in [1.165, 1.54) is 11.1 Å². The number of methoxy groups -OCH3 is 1. The number of nitrogens with one attached hydrogen (secondary N) is 2. The van der Waals surface area contributed by atoms with Gasteiger partial charge < -0.3 is 15.4 Å². The monoisotopic (exact) mass is 312 g/mol. The highest BCUT2D eigenvalue weighted by Crippen LogP contribution is 2.11. The molecule has 1 amide bonds.